The number of carbonyl (C=O) groups excluding carboxylic acids is 2. The van der Waals surface area contributed by atoms with Gasteiger partial charge >= 0.3 is 0 Å². The Kier molecular flexibility index (Phi) is 5.06. The molecule has 0 saturated carbocycles. The molecule has 1 amide bonds. The lowest BCUT2D eigenvalue weighted by Gasteiger charge is -2.23. The average molecular weight is 454 g/mol. The van der Waals surface area contributed by atoms with Gasteiger partial charge in [0.2, 0.25) is 0 Å². The zero-order valence-electron chi connectivity index (χ0n) is 15.3. The van der Waals surface area contributed by atoms with Crippen LogP contribution in [0.15, 0.2) is 77.3 Å². The van der Waals surface area contributed by atoms with Gasteiger partial charge in [0.1, 0.15) is 5.82 Å². The third kappa shape index (κ3) is 3.50. The summed E-state index contributed by atoms with van der Waals surface area (Å²) < 4.78 is 15.0. The number of ketones is 1. The highest BCUT2D eigenvalue weighted by Crippen LogP contribution is 2.43. The van der Waals surface area contributed by atoms with Gasteiger partial charge in [-0.1, -0.05) is 64.5 Å². The fourth-order valence-corrected chi connectivity index (χ4v) is 3.87. The minimum absolute atomic E-state index is 0.0305. The molecule has 3 aromatic carbocycles. The molecule has 1 aliphatic rings. The lowest BCUT2D eigenvalue weighted by atomic mass is 9.88. The van der Waals surface area contributed by atoms with Crippen molar-refractivity contribution in [1.29, 1.82) is 0 Å². The lowest BCUT2D eigenvalue weighted by molar-refractivity contribution is -0.136. The molecule has 1 atom stereocenters. The summed E-state index contributed by atoms with van der Waals surface area (Å²) in [7, 11) is 0. The molecule has 29 heavy (non-hydrogen) atoms. The Labute approximate surface area is 175 Å². The minimum atomic E-state index is -1.99. The lowest BCUT2D eigenvalue weighted by Crippen LogP contribution is -2.41. The maximum atomic E-state index is 14.1. The number of aliphatic hydroxyl groups is 1. The summed E-state index contributed by atoms with van der Waals surface area (Å²) in [6.07, 6.45) is -0.391. The first-order chi connectivity index (χ1) is 13.9. The van der Waals surface area contributed by atoms with Gasteiger partial charge in [-0.15, -0.1) is 0 Å². The van der Waals surface area contributed by atoms with Crippen LogP contribution in [0.4, 0.5) is 10.1 Å². The molecule has 4 rings (SSSR count). The van der Waals surface area contributed by atoms with Crippen LogP contribution < -0.4 is 4.90 Å². The number of rotatable bonds is 5. The predicted octanol–water partition coefficient (Wildman–Crippen LogP) is 4.60. The monoisotopic (exact) mass is 453 g/mol. The Morgan fingerprint density at radius 3 is 2.38 bits per heavy atom. The number of hydrogen-bond acceptors (Lipinski definition) is 3. The van der Waals surface area contributed by atoms with Gasteiger partial charge in [0.25, 0.3) is 5.91 Å². The van der Waals surface area contributed by atoms with Gasteiger partial charge in [-0.3, -0.25) is 9.59 Å². The number of fused-ring (bicyclic) bond motifs is 1. The summed E-state index contributed by atoms with van der Waals surface area (Å²) >= 11 is 3.32. The van der Waals surface area contributed by atoms with Gasteiger partial charge in [0.05, 0.1) is 18.7 Å². The average Bonchev–Trinajstić information content (AvgIpc) is 2.92. The van der Waals surface area contributed by atoms with Crippen molar-refractivity contribution in [3.8, 4) is 0 Å². The van der Waals surface area contributed by atoms with Crippen molar-refractivity contribution in [2.45, 2.75) is 18.6 Å². The van der Waals surface area contributed by atoms with E-state index >= 15 is 0 Å². The van der Waals surface area contributed by atoms with Gasteiger partial charge in [-0.25, -0.2) is 4.39 Å². The fraction of sp³-hybridized carbons (Fsp3) is 0.130. The van der Waals surface area contributed by atoms with Crippen LogP contribution in [0.5, 0.6) is 0 Å². The van der Waals surface area contributed by atoms with Gasteiger partial charge < -0.3 is 10.0 Å². The van der Waals surface area contributed by atoms with Crippen molar-refractivity contribution in [3.05, 3.63) is 99.8 Å². The molecule has 0 fully saturated rings. The molecule has 1 N–H and O–H groups in total. The maximum absolute atomic E-state index is 14.1. The van der Waals surface area contributed by atoms with Crippen LogP contribution in [-0.2, 0) is 16.9 Å². The van der Waals surface area contributed by atoms with Crippen molar-refractivity contribution in [2.75, 3.05) is 4.90 Å². The van der Waals surface area contributed by atoms with E-state index < -0.39 is 23.7 Å². The SMILES string of the molecule is O=C(C[C@@]1(O)C(=O)N(Cc2ccccc2F)c2ccccc21)c1ccc(Br)cc1. The standard InChI is InChI=1S/C23H17BrFNO3/c24-17-11-9-15(10-12-17)21(27)13-23(29)18-6-2-4-8-20(18)26(22(23)28)14-16-5-1-3-7-19(16)25/h1-12,29H,13-14H2/t23-/m0/s1. The van der Waals surface area contributed by atoms with Gasteiger partial charge in [-0.2, -0.15) is 0 Å². The number of nitrogens with zero attached hydrogens (tertiary/aromatic N) is 1. The smallest absolute Gasteiger partial charge is 0.264 e. The van der Waals surface area contributed by atoms with Crippen molar-refractivity contribution in [1.82, 2.24) is 0 Å². The van der Waals surface area contributed by atoms with Crippen molar-refractivity contribution in [3.63, 3.8) is 0 Å². The molecule has 0 aromatic heterocycles. The molecular weight excluding hydrogens is 437 g/mol. The molecule has 3 aromatic rings. The van der Waals surface area contributed by atoms with E-state index in [1.165, 1.54) is 11.0 Å². The first-order valence-corrected chi connectivity index (χ1v) is 9.85. The van der Waals surface area contributed by atoms with E-state index in [4.69, 9.17) is 0 Å². The Balaban J connectivity index is 1.69. The van der Waals surface area contributed by atoms with E-state index in [-0.39, 0.29) is 12.3 Å². The maximum Gasteiger partial charge on any atom is 0.264 e. The quantitative estimate of drug-likeness (QED) is 0.574. The number of anilines is 1. The number of Topliss-reactive ketones (excluding diaryl/α,β-unsaturated/α-hetero) is 1. The largest absolute Gasteiger partial charge is 0.375 e. The van der Waals surface area contributed by atoms with Gasteiger partial charge in [-0.05, 0) is 24.3 Å². The second-order valence-corrected chi connectivity index (χ2v) is 7.88. The Hall–Kier alpha value is -2.83. The molecule has 1 heterocycles. The third-order valence-corrected chi connectivity index (χ3v) is 5.64. The number of amides is 1. The zero-order chi connectivity index (χ0) is 20.6. The number of hydrogen-bond donors (Lipinski definition) is 1. The fourth-order valence-electron chi connectivity index (χ4n) is 3.60. The molecule has 0 spiro atoms. The Morgan fingerprint density at radius 2 is 1.66 bits per heavy atom. The van der Waals surface area contributed by atoms with Gasteiger partial charge in [0.15, 0.2) is 11.4 Å². The predicted molar refractivity (Wildman–Crippen MR) is 111 cm³/mol. The van der Waals surface area contributed by atoms with E-state index in [0.29, 0.717) is 22.4 Å². The second-order valence-electron chi connectivity index (χ2n) is 6.97. The van der Waals surface area contributed by atoms with Crippen molar-refractivity contribution in [2.24, 2.45) is 0 Å². The van der Waals surface area contributed by atoms with Crippen LogP contribution in [0.1, 0.15) is 27.9 Å². The molecule has 0 radical (unpaired) electrons. The van der Waals surface area contributed by atoms with Crippen molar-refractivity contribution >= 4 is 33.3 Å². The molecule has 0 unspecified atom stereocenters. The highest BCUT2D eigenvalue weighted by atomic mass is 79.9. The van der Waals surface area contributed by atoms with E-state index in [1.807, 2.05) is 0 Å². The number of para-hydroxylation sites is 1. The van der Waals surface area contributed by atoms with Crippen LogP contribution in [0.3, 0.4) is 0 Å². The summed E-state index contributed by atoms with van der Waals surface area (Å²) in [5.41, 5.74) is -0.427. The molecule has 4 nitrogen and oxygen atoms in total. The molecule has 0 bridgehead atoms. The second kappa shape index (κ2) is 7.54. The first-order valence-electron chi connectivity index (χ1n) is 9.06. The van der Waals surface area contributed by atoms with Crippen LogP contribution in [0, 0.1) is 5.82 Å². The molecular formula is C23H17BrFNO3. The molecule has 0 aliphatic carbocycles. The van der Waals surface area contributed by atoms with E-state index in [9.17, 15) is 19.1 Å². The zero-order valence-corrected chi connectivity index (χ0v) is 16.9. The summed E-state index contributed by atoms with van der Waals surface area (Å²) in [6.45, 7) is -0.0305. The van der Waals surface area contributed by atoms with Crippen LogP contribution in [0.25, 0.3) is 0 Å². The highest BCUT2D eigenvalue weighted by Gasteiger charge is 2.50. The first kappa shape index (κ1) is 19.5. The molecule has 146 valence electrons. The Morgan fingerprint density at radius 1 is 1.00 bits per heavy atom. The van der Waals surface area contributed by atoms with E-state index in [2.05, 4.69) is 15.9 Å². The summed E-state index contributed by atoms with van der Waals surface area (Å²) in [6, 6.07) is 19.7. The molecule has 1 aliphatic heterocycles. The van der Waals surface area contributed by atoms with Crippen LogP contribution in [0.2, 0.25) is 0 Å². The number of benzene rings is 3. The van der Waals surface area contributed by atoms with Gasteiger partial charge in [0, 0.05) is 21.2 Å². The summed E-state index contributed by atoms with van der Waals surface area (Å²) in [5.74, 6) is -1.41. The molecule has 0 saturated heterocycles. The number of halogens is 2. The minimum Gasteiger partial charge on any atom is -0.375 e. The topological polar surface area (TPSA) is 57.6 Å². The molecule has 6 heteroatoms. The number of carbonyl (C=O) groups is 2. The normalized spacial score (nSPS) is 18.0. The van der Waals surface area contributed by atoms with E-state index in [0.717, 1.165) is 4.47 Å². The summed E-state index contributed by atoms with van der Waals surface area (Å²) in [5, 5.41) is 11.3. The van der Waals surface area contributed by atoms with Crippen LogP contribution in [-0.4, -0.2) is 16.8 Å². The third-order valence-electron chi connectivity index (χ3n) is 5.11. The van der Waals surface area contributed by atoms with Crippen LogP contribution >= 0.6 is 15.9 Å². The van der Waals surface area contributed by atoms with E-state index in [1.54, 1.807) is 66.7 Å². The summed E-state index contributed by atoms with van der Waals surface area (Å²) in [4.78, 5) is 27.3. The highest BCUT2D eigenvalue weighted by molar-refractivity contribution is 9.10. The van der Waals surface area contributed by atoms with Crippen molar-refractivity contribution < 1.29 is 19.1 Å². The Bertz CT molecular complexity index is 1100.